The van der Waals surface area contributed by atoms with Crippen molar-refractivity contribution in [1.29, 1.82) is 0 Å². The molecule has 3 amide bonds. The summed E-state index contributed by atoms with van der Waals surface area (Å²) < 4.78 is 11.8. The van der Waals surface area contributed by atoms with E-state index < -0.39 is 39.5 Å². The second-order valence-electron chi connectivity index (χ2n) is 9.06. The van der Waals surface area contributed by atoms with E-state index >= 15 is 0 Å². The number of amides is 3. The van der Waals surface area contributed by atoms with Crippen LogP contribution in [0.25, 0.3) is 0 Å². The number of nitrogens with one attached hydrogen (secondary N) is 3. The van der Waals surface area contributed by atoms with Crippen LogP contribution in [-0.4, -0.2) is 57.3 Å². The second kappa shape index (κ2) is 15.4. The van der Waals surface area contributed by atoms with Gasteiger partial charge in [-0.25, -0.2) is 4.21 Å². The maximum Gasteiger partial charge on any atom is 0.289 e. The molecule has 4 atom stereocenters. The van der Waals surface area contributed by atoms with Gasteiger partial charge in [-0.05, 0) is 50.0 Å². The van der Waals surface area contributed by atoms with Gasteiger partial charge in [0.05, 0.1) is 9.83 Å². The van der Waals surface area contributed by atoms with Crippen molar-refractivity contribution in [2.45, 2.75) is 83.1 Å². The van der Waals surface area contributed by atoms with Crippen LogP contribution in [0.5, 0.6) is 0 Å². The Kier molecular flexibility index (Phi) is 13.0. The average molecular weight is 544 g/mol. The number of carbonyl (C=O) groups is 4. The van der Waals surface area contributed by atoms with Crippen LogP contribution in [0.1, 0.15) is 64.2 Å². The number of thiophene rings is 1. The SMILES string of the molecule is CCNC(=O)C(=O)[C@H](Cc1cccs1)NC(=O)[C@H](CC(C)C)NC(=O)CCCCC1CCSS1=O. The van der Waals surface area contributed by atoms with Crippen LogP contribution in [0.2, 0.25) is 0 Å². The number of rotatable bonds is 15. The number of likely N-dealkylation sites (N-methyl/N-ethyl adjacent to an activating group) is 1. The van der Waals surface area contributed by atoms with Gasteiger partial charge in [0.15, 0.2) is 0 Å². The molecule has 2 rings (SSSR count). The standard InChI is InChI=1S/C24H37N3O5S3/c1-4-25-24(31)22(29)19(15-17-8-7-12-33-17)27-23(30)20(14-16(2)3)26-21(28)10-6-5-9-18-11-13-34-35(18)32/h7-8,12,16,18-20H,4-6,9-11,13-15H2,1-3H3,(H,25,31)(H,26,28)(H,27,30)/t18?,19-,20-,35?/m0/s1. The number of ketones is 1. The molecule has 0 bridgehead atoms. The van der Waals surface area contributed by atoms with Gasteiger partial charge in [-0.2, -0.15) is 0 Å². The zero-order chi connectivity index (χ0) is 25.8. The molecule has 2 unspecified atom stereocenters. The molecule has 1 saturated heterocycles. The van der Waals surface area contributed by atoms with Crippen molar-refractivity contribution in [3.05, 3.63) is 22.4 Å². The number of hydrogen-bond acceptors (Lipinski definition) is 7. The molecule has 3 N–H and O–H groups in total. The van der Waals surface area contributed by atoms with E-state index in [1.54, 1.807) is 6.92 Å². The summed E-state index contributed by atoms with van der Waals surface area (Å²) in [5, 5.41) is 10.1. The molecule has 1 aliphatic rings. The molecule has 196 valence electrons. The summed E-state index contributed by atoms with van der Waals surface area (Å²) in [4.78, 5) is 51.5. The third kappa shape index (κ3) is 10.4. The predicted molar refractivity (Wildman–Crippen MR) is 143 cm³/mol. The molecule has 1 aromatic heterocycles. The minimum absolute atomic E-state index is 0.135. The molecule has 0 radical (unpaired) electrons. The van der Waals surface area contributed by atoms with E-state index in [1.807, 2.05) is 31.4 Å². The first-order valence-electron chi connectivity index (χ1n) is 12.2. The highest BCUT2D eigenvalue weighted by molar-refractivity contribution is 8.69. The quantitative estimate of drug-likeness (QED) is 0.178. The number of unbranched alkanes of at least 4 members (excludes halogenated alkanes) is 1. The van der Waals surface area contributed by atoms with Crippen LogP contribution < -0.4 is 16.0 Å². The normalized spacial score (nSPS) is 19.2. The predicted octanol–water partition coefficient (Wildman–Crippen LogP) is 2.74. The molecule has 11 heteroatoms. The first-order valence-corrected chi connectivity index (χ1v) is 15.8. The first kappa shape index (κ1) is 29.5. The van der Waals surface area contributed by atoms with Crippen molar-refractivity contribution < 1.29 is 23.4 Å². The van der Waals surface area contributed by atoms with Crippen molar-refractivity contribution in [2.24, 2.45) is 5.92 Å². The van der Waals surface area contributed by atoms with Gasteiger partial charge in [-0.1, -0.05) is 37.1 Å². The molecule has 0 saturated carbocycles. The van der Waals surface area contributed by atoms with E-state index in [4.69, 9.17) is 0 Å². The fraction of sp³-hybridized carbons (Fsp3) is 0.667. The molecule has 35 heavy (non-hydrogen) atoms. The highest BCUT2D eigenvalue weighted by Gasteiger charge is 2.31. The summed E-state index contributed by atoms with van der Waals surface area (Å²) in [6.45, 7) is 5.94. The van der Waals surface area contributed by atoms with Crippen molar-refractivity contribution in [2.75, 3.05) is 12.3 Å². The molecule has 1 aliphatic heterocycles. The Balaban J connectivity index is 1.95. The lowest BCUT2D eigenvalue weighted by Crippen LogP contribution is -2.54. The smallest absolute Gasteiger partial charge is 0.289 e. The summed E-state index contributed by atoms with van der Waals surface area (Å²) in [5.41, 5.74) is 0. The summed E-state index contributed by atoms with van der Waals surface area (Å²) >= 11 is 1.45. The van der Waals surface area contributed by atoms with Crippen molar-refractivity contribution in [3.8, 4) is 0 Å². The number of carbonyl (C=O) groups excluding carboxylic acids is 4. The van der Waals surface area contributed by atoms with Gasteiger partial charge in [0.2, 0.25) is 17.6 Å². The molecular formula is C24H37N3O5S3. The molecule has 0 spiro atoms. The van der Waals surface area contributed by atoms with Crippen molar-refractivity contribution >= 4 is 55.5 Å². The zero-order valence-corrected chi connectivity index (χ0v) is 23.1. The van der Waals surface area contributed by atoms with E-state index in [-0.39, 0.29) is 29.9 Å². The summed E-state index contributed by atoms with van der Waals surface area (Å²) in [7, 11) is 0.683. The Morgan fingerprint density at radius 2 is 1.91 bits per heavy atom. The highest BCUT2D eigenvalue weighted by atomic mass is 33.1. The summed E-state index contributed by atoms with van der Waals surface area (Å²) in [6.07, 6.45) is 4.19. The maximum absolute atomic E-state index is 13.1. The Morgan fingerprint density at radius 3 is 2.51 bits per heavy atom. The highest BCUT2D eigenvalue weighted by Crippen LogP contribution is 2.29. The molecule has 2 heterocycles. The van der Waals surface area contributed by atoms with Gasteiger partial charge < -0.3 is 16.0 Å². The van der Waals surface area contributed by atoms with Gasteiger partial charge in [-0.15, -0.1) is 11.3 Å². The third-order valence-corrected chi connectivity index (χ3v) is 10.2. The molecule has 8 nitrogen and oxygen atoms in total. The van der Waals surface area contributed by atoms with Crippen LogP contribution in [0.3, 0.4) is 0 Å². The molecule has 1 fully saturated rings. The lowest BCUT2D eigenvalue weighted by molar-refractivity contribution is -0.140. The van der Waals surface area contributed by atoms with E-state index in [2.05, 4.69) is 16.0 Å². The Labute approximate surface area is 218 Å². The summed E-state index contributed by atoms with van der Waals surface area (Å²) in [6, 6.07) is 1.89. The zero-order valence-electron chi connectivity index (χ0n) is 20.7. The number of Topliss-reactive ketones (excluding diaryl/α,β-unsaturated/α-hetero) is 1. The van der Waals surface area contributed by atoms with Gasteiger partial charge in [0.25, 0.3) is 5.91 Å². The fourth-order valence-corrected chi connectivity index (χ4v) is 8.08. The van der Waals surface area contributed by atoms with Gasteiger partial charge >= 0.3 is 0 Å². The first-order chi connectivity index (χ1) is 16.7. The molecule has 0 aromatic carbocycles. The van der Waals surface area contributed by atoms with Gasteiger partial charge in [-0.3, -0.25) is 19.2 Å². The van der Waals surface area contributed by atoms with Crippen molar-refractivity contribution in [1.82, 2.24) is 16.0 Å². The molecule has 1 aromatic rings. The minimum Gasteiger partial charge on any atom is -0.350 e. The minimum atomic E-state index is -1.01. The van der Waals surface area contributed by atoms with Crippen LogP contribution >= 0.6 is 22.1 Å². The van der Waals surface area contributed by atoms with Crippen molar-refractivity contribution in [3.63, 3.8) is 0 Å². The Hall–Kier alpha value is -1.72. The van der Waals surface area contributed by atoms with Crippen LogP contribution in [0, 0.1) is 5.92 Å². The van der Waals surface area contributed by atoms with Gasteiger partial charge in [0.1, 0.15) is 12.1 Å². The maximum atomic E-state index is 13.1. The van der Waals surface area contributed by atoms with Gasteiger partial charge in [0, 0.05) is 35.3 Å². The van der Waals surface area contributed by atoms with E-state index in [0.29, 0.717) is 19.4 Å². The van der Waals surface area contributed by atoms with Crippen LogP contribution in [0.15, 0.2) is 17.5 Å². The monoisotopic (exact) mass is 543 g/mol. The van der Waals surface area contributed by atoms with E-state index in [9.17, 15) is 23.4 Å². The third-order valence-electron chi connectivity index (χ3n) is 5.63. The van der Waals surface area contributed by atoms with E-state index in [0.717, 1.165) is 29.9 Å². The molecule has 0 aliphatic carbocycles. The Bertz CT molecular complexity index is 876. The molecular weight excluding hydrogens is 506 g/mol. The number of hydrogen-bond donors (Lipinski definition) is 3. The lowest BCUT2D eigenvalue weighted by atomic mass is 10.0. The summed E-state index contributed by atoms with van der Waals surface area (Å²) in [5.74, 6) is -1.07. The topological polar surface area (TPSA) is 121 Å². The van der Waals surface area contributed by atoms with Crippen LogP contribution in [-0.2, 0) is 35.4 Å². The van der Waals surface area contributed by atoms with Crippen LogP contribution in [0.4, 0.5) is 0 Å². The lowest BCUT2D eigenvalue weighted by Gasteiger charge is -2.23. The second-order valence-corrected chi connectivity index (χ2v) is 13.6. The van der Waals surface area contributed by atoms with E-state index in [1.165, 1.54) is 22.1 Å². The Morgan fingerprint density at radius 1 is 1.14 bits per heavy atom. The fourth-order valence-electron chi connectivity index (χ4n) is 3.84. The largest absolute Gasteiger partial charge is 0.350 e. The average Bonchev–Trinajstić information content (AvgIpc) is 3.46.